The Morgan fingerprint density at radius 1 is 1.35 bits per heavy atom. The Kier molecular flexibility index (Phi) is 4.20. The molecule has 1 aromatic carbocycles. The Labute approximate surface area is 159 Å². The van der Waals surface area contributed by atoms with Crippen molar-refractivity contribution >= 4 is 25.8 Å². The molecule has 0 fully saturated rings. The molecule has 0 bridgehead atoms. The fraction of sp³-hybridized carbons (Fsp3) is 0.312. The van der Waals surface area contributed by atoms with Crippen molar-refractivity contribution in [2.45, 2.75) is 20.0 Å². The average Bonchev–Trinajstić information content (AvgIpc) is 3.08. The highest BCUT2D eigenvalue weighted by Crippen LogP contribution is 2.33. The molecule has 0 spiro atoms. The molecule has 26 heavy (non-hydrogen) atoms. The van der Waals surface area contributed by atoms with Crippen LogP contribution in [0.3, 0.4) is 0 Å². The monoisotopic (exact) mass is 436 g/mol. The van der Waals surface area contributed by atoms with Gasteiger partial charge >= 0.3 is 0 Å². The molecule has 0 unspecified atom stereocenters. The van der Waals surface area contributed by atoms with Crippen molar-refractivity contribution in [2.24, 2.45) is 0 Å². The van der Waals surface area contributed by atoms with Crippen LogP contribution in [0.2, 0.25) is 0 Å². The van der Waals surface area contributed by atoms with Gasteiger partial charge < -0.3 is 4.57 Å². The average molecular weight is 437 g/mol. The summed E-state index contributed by atoms with van der Waals surface area (Å²) in [6.45, 7) is 2.81. The summed E-state index contributed by atoms with van der Waals surface area (Å²) in [5.74, 6) is 1.20. The number of sulfone groups is 1. The molecule has 0 saturated carbocycles. The summed E-state index contributed by atoms with van der Waals surface area (Å²) in [7, 11) is -3.09. The minimum absolute atomic E-state index is 0.106. The van der Waals surface area contributed by atoms with Crippen molar-refractivity contribution in [1.29, 1.82) is 0 Å². The summed E-state index contributed by atoms with van der Waals surface area (Å²) in [6.07, 6.45) is 3.01. The van der Waals surface area contributed by atoms with Gasteiger partial charge in [-0.15, -0.1) is 0 Å². The van der Waals surface area contributed by atoms with Crippen LogP contribution >= 0.6 is 15.9 Å². The smallest absolute Gasteiger partial charge is 0.165 e. The standard InChI is InChI=1S/C16H17BrN6O2S/c1-10-14-7-23-16(20-15(21-23)6-18-9-26(2,24)25)12-5-11(17)3-4-13(12)22(14)8-19-10/h3-5,8,18H,6-7,9H2,1-2H3. The molecule has 0 saturated heterocycles. The molecule has 8 nitrogen and oxygen atoms in total. The van der Waals surface area contributed by atoms with Crippen LogP contribution in [0.25, 0.3) is 17.1 Å². The van der Waals surface area contributed by atoms with Gasteiger partial charge in [0.15, 0.2) is 21.5 Å². The molecule has 3 aromatic rings. The lowest BCUT2D eigenvalue weighted by molar-refractivity contribution is 0.589. The molecule has 3 heterocycles. The second-order valence-corrected chi connectivity index (χ2v) is 9.37. The van der Waals surface area contributed by atoms with E-state index in [1.807, 2.05) is 36.1 Å². The maximum absolute atomic E-state index is 11.3. The van der Waals surface area contributed by atoms with E-state index in [9.17, 15) is 8.42 Å². The van der Waals surface area contributed by atoms with Crippen molar-refractivity contribution in [3.05, 3.63) is 46.2 Å². The molecule has 10 heteroatoms. The van der Waals surface area contributed by atoms with Gasteiger partial charge in [-0.25, -0.2) is 23.1 Å². The number of nitrogens with zero attached hydrogens (tertiary/aromatic N) is 5. The predicted molar refractivity (Wildman–Crippen MR) is 101 cm³/mol. The molecule has 0 amide bonds. The van der Waals surface area contributed by atoms with E-state index in [0.29, 0.717) is 12.4 Å². The fourth-order valence-corrected chi connectivity index (χ4v) is 3.86. The van der Waals surface area contributed by atoms with Crippen LogP contribution in [-0.2, 0) is 22.9 Å². The minimum atomic E-state index is -3.09. The van der Waals surface area contributed by atoms with E-state index in [0.717, 1.165) is 32.9 Å². The summed E-state index contributed by atoms with van der Waals surface area (Å²) < 4.78 is 27.4. The van der Waals surface area contributed by atoms with Crippen LogP contribution in [0.5, 0.6) is 0 Å². The van der Waals surface area contributed by atoms with Crippen LogP contribution in [0.15, 0.2) is 29.0 Å². The molecule has 0 radical (unpaired) electrons. The minimum Gasteiger partial charge on any atom is -0.300 e. The fourth-order valence-electron chi connectivity index (χ4n) is 3.02. The van der Waals surface area contributed by atoms with E-state index in [2.05, 4.69) is 40.9 Å². The highest BCUT2D eigenvalue weighted by Gasteiger charge is 2.24. The lowest BCUT2D eigenvalue weighted by Gasteiger charge is -2.08. The van der Waals surface area contributed by atoms with Gasteiger partial charge in [-0.1, -0.05) is 15.9 Å². The number of benzene rings is 1. The van der Waals surface area contributed by atoms with Crippen molar-refractivity contribution in [1.82, 2.24) is 29.6 Å². The highest BCUT2D eigenvalue weighted by atomic mass is 79.9. The van der Waals surface area contributed by atoms with E-state index in [-0.39, 0.29) is 12.4 Å². The first-order chi connectivity index (χ1) is 12.3. The number of aromatic nitrogens is 5. The first-order valence-corrected chi connectivity index (χ1v) is 10.8. The lowest BCUT2D eigenvalue weighted by Crippen LogP contribution is -2.22. The number of rotatable bonds is 4. The number of hydrogen-bond donors (Lipinski definition) is 1. The summed E-state index contributed by atoms with van der Waals surface area (Å²) in [6, 6.07) is 6.02. The van der Waals surface area contributed by atoms with Gasteiger partial charge in [0.2, 0.25) is 0 Å². The van der Waals surface area contributed by atoms with Crippen LogP contribution < -0.4 is 5.32 Å². The third-order valence-corrected chi connectivity index (χ3v) is 5.42. The normalized spacial score (nSPS) is 13.0. The van der Waals surface area contributed by atoms with Gasteiger partial charge in [0.25, 0.3) is 0 Å². The van der Waals surface area contributed by atoms with E-state index in [1.54, 1.807) is 0 Å². The molecule has 0 aliphatic carbocycles. The molecule has 4 rings (SSSR count). The van der Waals surface area contributed by atoms with Crippen molar-refractivity contribution in [3.8, 4) is 17.1 Å². The topological polar surface area (TPSA) is 94.7 Å². The van der Waals surface area contributed by atoms with Crippen molar-refractivity contribution in [2.75, 3.05) is 12.1 Å². The van der Waals surface area contributed by atoms with Gasteiger partial charge in [-0.05, 0) is 25.1 Å². The zero-order valence-electron chi connectivity index (χ0n) is 14.3. The first kappa shape index (κ1) is 17.4. The first-order valence-electron chi connectivity index (χ1n) is 7.97. The van der Waals surface area contributed by atoms with Gasteiger partial charge in [-0.3, -0.25) is 5.32 Å². The summed E-state index contributed by atoms with van der Waals surface area (Å²) in [5, 5.41) is 7.44. The Morgan fingerprint density at radius 2 is 2.15 bits per heavy atom. The maximum Gasteiger partial charge on any atom is 0.165 e. The number of halogens is 1. The largest absolute Gasteiger partial charge is 0.300 e. The molecule has 0 atom stereocenters. The highest BCUT2D eigenvalue weighted by molar-refractivity contribution is 9.10. The van der Waals surface area contributed by atoms with E-state index < -0.39 is 9.84 Å². The number of fused-ring (bicyclic) bond motifs is 5. The van der Waals surface area contributed by atoms with Crippen LogP contribution in [0.4, 0.5) is 0 Å². The Morgan fingerprint density at radius 3 is 2.92 bits per heavy atom. The van der Waals surface area contributed by atoms with Crippen molar-refractivity contribution < 1.29 is 8.42 Å². The quantitative estimate of drug-likeness (QED) is 0.522. The Balaban J connectivity index is 1.77. The SMILES string of the molecule is Cc1ncn2c1Cn1nc(CNCS(C)(=O)=O)nc1-c1cc(Br)ccc1-2. The van der Waals surface area contributed by atoms with Crippen LogP contribution in [0, 0.1) is 6.92 Å². The zero-order valence-corrected chi connectivity index (χ0v) is 16.7. The number of hydrogen-bond acceptors (Lipinski definition) is 6. The number of nitrogens with one attached hydrogen (secondary N) is 1. The number of aryl methyl sites for hydroxylation is 1. The molecule has 1 aliphatic heterocycles. The Bertz CT molecular complexity index is 1100. The molecule has 1 N–H and O–H groups in total. The van der Waals surface area contributed by atoms with Gasteiger partial charge in [0.05, 0.1) is 42.4 Å². The molecule has 2 aromatic heterocycles. The molecular weight excluding hydrogens is 420 g/mol. The van der Waals surface area contributed by atoms with Crippen LogP contribution in [0.1, 0.15) is 17.2 Å². The molecule has 1 aliphatic rings. The maximum atomic E-state index is 11.3. The molecular formula is C16H17BrN6O2S. The summed E-state index contributed by atoms with van der Waals surface area (Å²) in [4.78, 5) is 9.07. The predicted octanol–water partition coefficient (Wildman–Crippen LogP) is 1.66. The van der Waals surface area contributed by atoms with Gasteiger partial charge in [0.1, 0.15) is 0 Å². The summed E-state index contributed by atoms with van der Waals surface area (Å²) in [5.41, 5.74) is 3.93. The van der Waals surface area contributed by atoms with E-state index >= 15 is 0 Å². The lowest BCUT2D eigenvalue weighted by atomic mass is 10.1. The molecule has 136 valence electrons. The summed E-state index contributed by atoms with van der Waals surface area (Å²) >= 11 is 3.52. The third kappa shape index (κ3) is 3.19. The van der Waals surface area contributed by atoms with E-state index in [4.69, 9.17) is 0 Å². The van der Waals surface area contributed by atoms with Gasteiger partial charge in [-0.2, -0.15) is 5.10 Å². The second kappa shape index (κ2) is 6.29. The second-order valence-electron chi connectivity index (χ2n) is 6.31. The van der Waals surface area contributed by atoms with E-state index in [1.165, 1.54) is 6.26 Å². The zero-order chi connectivity index (χ0) is 18.5. The van der Waals surface area contributed by atoms with Crippen LogP contribution in [-0.4, -0.2) is 44.9 Å². The third-order valence-electron chi connectivity index (χ3n) is 4.20. The van der Waals surface area contributed by atoms with Crippen molar-refractivity contribution in [3.63, 3.8) is 0 Å². The Hall–Kier alpha value is -2.04. The number of imidazole rings is 1. The van der Waals surface area contributed by atoms with Gasteiger partial charge in [0, 0.05) is 16.3 Å².